The molecule has 2 atom stereocenters. The van der Waals surface area contributed by atoms with Crippen molar-refractivity contribution in [2.45, 2.75) is 63.6 Å². The fourth-order valence-electron chi connectivity index (χ4n) is 3.57. The van der Waals surface area contributed by atoms with Crippen molar-refractivity contribution in [1.82, 2.24) is 9.80 Å². The van der Waals surface area contributed by atoms with Gasteiger partial charge in [-0.2, -0.15) is 0 Å². The maximum atomic E-state index is 12.6. The van der Waals surface area contributed by atoms with E-state index in [-0.39, 0.29) is 18.6 Å². The van der Waals surface area contributed by atoms with Gasteiger partial charge in [0.25, 0.3) is 0 Å². The second kappa shape index (κ2) is 6.02. The number of carbonyl (C=O) groups is 1. The Bertz CT molecular complexity index is 290. The maximum Gasteiger partial charge on any atom is 0.240 e. The van der Waals surface area contributed by atoms with Crippen LogP contribution in [0.15, 0.2) is 0 Å². The molecule has 4 heteroatoms. The molecular formula is C14H26N2O2. The molecule has 1 heterocycles. The number of rotatable bonds is 3. The van der Waals surface area contributed by atoms with Gasteiger partial charge >= 0.3 is 0 Å². The number of carbonyl (C=O) groups excluding carboxylic acids is 1. The molecule has 1 amide bonds. The fraction of sp³-hybridized carbons (Fsp3) is 0.929. The van der Waals surface area contributed by atoms with Crippen molar-refractivity contribution in [3.8, 4) is 0 Å². The Labute approximate surface area is 110 Å². The second-order valence-electron chi connectivity index (χ2n) is 5.85. The highest BCUT2D eigenvalue weighted by molar-refractivity contribution is 5.83. The molecule has 2 fully saturated rings. The molecular weight excluding hydrogens is 228 g/mol. The van der Waals surface area contributed by atoms with Crippen LogP contribution in [0.25, 0.3) is 0 Å². The zero-order valence-corrected chi connectivity index (χ0v) is 11.6. The monoisotopic (exact) mass is 254 g/mol. The third-order valence-corrected chi connectivity index (χ3v) is 4.47. The van der Waals surface area contributed by atoms with Gasteiger partial charge in [-0.25, -0.2) is 0 Å². The highest BCUT2D eigenvalue weighted by Crippen LogP contribution is 2.28. The number of amides is 1. The molecule has 1 saturated carbocycles. The first-order valence-corrected chi connectivity index (χ1v) is 7.28. The molecule has 0 bridgehead atoms. The van der Waals surface area contributed by atoms with Gasteiger partial charge < -0.3 is 10.0 Å². The predicted octanol–water partition coefficient (Wildman–Crippen LogP) is 1.23. The Kier molecular flexibility index (Phi) is 4.62. The number of piperazine rings is 1. The zero-order chi connectivity index (χ0) is 13.1. The SMILES string of the molecule is CC1CN(C)C(CCO)C(=O)N1C1CCCCC1. The van der Waals surface area contributed by atoms with Crippen LogP contribution >= 0.6 is 0 Å². The summed E-state index contributed by atoms with van der Waals surface area (Å²) in [6.45, 7) is 3.17. The van der Waals surface area contributed by atoms with Crippen LogP contribution in [0.2, 0.25) is 0 Å². The summed E-state index contributed by atoms with van der Waals surface area (Å²) in [4.78, 5) is 16.8. The van der Waals surface area contributed by atoms with Gasteiger partial charge in [0.2, 0.25) is 5.91 Å². The smallest absolute Gasteiger partial charge is 0.240 e. The van der Waals surface area contributed by atoms with Crippen LogP contribution < -0.4 is 0 Å². The topological polar surface area (TPSA) is 43.8 Å². The van der Waals surface area contributed by atoms with Crippen molar-refractivity contribution in [1.29, 1.82) is 0 Å². The summed E-state index contributed by atoms with van der Waals surface area (Å²) in [6.07, 6.45) is 6.69. The number of hydrogen-bond acceptors (Lipinski definition) is 3. The van der Waals surface area contributed by atoms with Crippen molar-refractivity contribution in [3.05, 3.63) is 0 Å². The minimum Gasteiger partial charge on any atom is -0.396 e. The predicted molar refractivity (Wildman–Crippen MR) is 71.3 cm³/mol. The van der Waals surface area contributed by atoms with Crippen molar-refractivity contribution in [3.63, 3.8) is 0 Å². The molecule has 2 aliphatic rings. The van der Waals surface area contributed by atoms with E-state index in [1.807, 2.05) is 7.05 Å². The van der Waals surface area contributed by atoms with Gasteiger partial charge in [0, 0.05) is 25.2 Å². The first kappa shape index (κ1) is 13.8. The first-order chi connectivity index (χ1) is 8.65. The highest BCUT2D eigenvalue weighted by Gasteiger charge is 2.39. The van der Waals surface area contributed by atoms with Crippen LogP contribution in [0.5, 0.6) is 0 Å². The first-order valence-electron chi connectivity index (χ1n) is 7.28. The Morgan fingerprint density at radius 2 is 1.94 bits per heavy atom. The third kappa shape index (κ3) is 2.69. The Morgan fingerprint density at radius 1 is 1.28 bits per heavy atom. The molecule has 4 nitrogen and oxygen atoms in total. The number of nitrogens with zero attached hydrogens (tertiary/aromatic N) is 2. The van der Waals surface area contributed by atoms with E-state index in [9.17, 15) is 4.79 Å². The van der Waals surface area contributed by atoms with Gasteiger partial charge in [-0.15, -0.1) is 0 Å². The molecule has 1 N–H and O–H groups in total. The lowest BCUT2D eigenvalue weighted by Gasteiger charge is -2.47. The maximum absolute atomic E-state index is 12.6. The number of likely N-dealkylation sites (N-methyl/N-ethyl adjacent to an activating group) is 1. The lowest BCUT2D eigenvalue weighted by atomic mass is 9.91. The summed E-state index contributed by atoms with van der Waals surface area (Å²) in [5.74, 6) is 0.234. The molecule has 0 aromatic rings. The number of aliphatic hydroxyl groups excluding tert-OH is 1. The Morgan fingerprint density at radius 3 is 2.56 bits per heavy atom. The van der Waals surface area contributed by atoms with E-state index in [1.165, 1.54) is 19.3 Å². The average Bonchev–Trinajstić information content (AvgIpc) is 2.35. The van der Waals surface area contributed by atoms with Crippen LogP contribution in [0.1, 0.15) is 45.4 Å². The summed E-state index contributed by atoms with van der Waals surface area (Å²) in [5.41, 5.74) is 0. The van der Waals surface area contributed by atoms with Gasteiger partial charge in [-0.3, -0.25) is 9.69 Å². The van der Waals surface area contributed by atoms with E-state index in [2.05, 4.69) is 16.7 Å². The van der Waals surface area contributed by atoms with E-state index < -0.39 is 0 Å². The molecule has 1 aliphatic heterocycles. The van der Waals surface area contributed by atoms with Gasteiger partial charge in [-0.05, 0) is 33.2 Å². The molecule has 0 aromatic heterocycles. The molecule has 0 radical (unpaired) electrons. The normalized spacial score (nSPS) is 31.9. The number of hydrogen-bond donors (Lipinski definition) is 1. The van der Waals surface area contributed by atoms with Crippen LogP contribution in [0.3, 0.4) is 0 Å². The van der Waals surface area contributed by atoms with E-state index >= 15 is 0 Å². The molecule has 1 aliphatic carbocycles. The number of aliphatic hydroxyl groups is 1. The molecule has 1 saturated heterocycles. The standard InChI is InChI=1S/C14H26N2O2/c1-11-10-15(2)13(8-9-17)14(18)16(11)12-6-4-3-5-7-12/h11-13,17H,3-10H2,1-2H3. The molecule has 18 heavy (non-hydrogen) atoms. The van der Waals surface area contributed by atoms with Crippen LogP contribution in [0.4, 0.5) is 0 Å². The van der Waals surface area contributed by atoms with E-state index in [4.69, 9.17) is 5.11 Å². The summed E-state index contributed by atoms with van der Waals surface area (Å²) in [6, 6.07) is 0.629. The largest absolute Gasteiger partial charge is 0.396 e. The van der Waals surface area contributed by atoms with E-state index in [1.54, 1.807) is 0 Å². The minimum atomic E-state index is -0.117. The summed E-state index contributed by atoms with van der Waals surface area (Å²) >= 11 is 0. The van der Waals surface area contributed by atoms with E-state index in [0.717, 1.165) is 19.4 Å². The molecule has 0 aromatic carbocycles. The Hall–Kier alpha value is -0.610. The van der Waals surface area contributed by atoms with Gasteiger partial charge in [0.1, 0.15) is 0 Å². The van der Waals surface area contributed by atoms with Crippen molar-refractivity contribution < 1.29 is 9.90 Å². The lowest BCUT2D eigenvalue weighted by Crippen LogP contribution is -2.62. The van der Waals surface area contributed by atoms with Crippen molar-refractivity contribution in [2.75, 3.05) is 20.2 Å². The fourth-order valence-corrected chi connectivity index (χ4v) is 3.57. The summed E-state index contributed by atoms with van der Waals surface area (Å²) in [5, 5.41) is 9.12. The Balaban J connectivity index is 2.09. The van der Waals surface area contributed by atoms with Crippen LogP contribution in [-0.4, -0.2) is 59.1 Å². The van der Waals surface area contributed by atoms with E-state index in [0.29, 0.717) is 18.5 Å². The molecule has 0 spiro atoms. The van der Waals surface area contributed by atoms with Gasteiger partial charge in [0.15, 0.2) is 0 Å². The lowest BCUT2D eigenvalue weighted by molar-refractivity contribution is -0.149. The highest BCUT2D eigenvalue weighted by atomic mass is 16.3. The summed E-state index contributed by atoms with van der Waals surface area (Å²) < 4.78 is 0. The molecule has 2 unspecified atom stereocenters. The quantitative estimate of drug-likeness (QED) is 0.824. The third-order valence-electron chi connectivity index (χ3n) is 4.47. The van der Waals surface area contributed by atoms with Crippen LogP contribution in [-0.2, 0) is 4.79 Å². The van der Waals surface area contributed by atoms with Gasteiger partial charge in [-0.1, -0.05) is 19.3 Å². The van der Waals surface area contributed by atoms with Crippen molar-refractivity contribution >= 4 is 5.91 Å². The summed E-state index contributed by atoms with van der Waals surface area (Å²) in [7, 11) is 1.99. The second-order valence-corrected chi connectivity index (χ2v) is 5.85. The zero-order valence-electron chi connectivity index (χ0n) is 11.6. The van der Waals surface area contributed by atoms with Crippen LogP contribution in [0, 0.1) is 0 Å². The molecule has 104 valence electrons. The minimum absolute atomic E-state index is 0.0909. The average molecular weight is 254 g/mol. The molecule has 2 rings (SSSR count). The van der Waals surface area contributed by atoms with Gasteiger partial charge in [0.05, 0.1) is 6.04 Å². The van der Waals surface area contributed by atoms with Crippen molar-refractivity contribution in [2.24, 2.45) is 0 Å².